The molecule has 0 unspecified atom stereocenters. The van der Waals surface area contributed by atoms with Gasteiger partial charge in [-0.15, -0.1) is 0 Å². The molecule has 0 saturated heterocycles. The monoisotopic (exact) mass is 239 g/mol. The van der Waals surface area contributed by atoms with Crippen molar-refractivity contribution in [2.24, 2.45) is 5.92 Å². The van der Waals surface area contributed by atoms with Crippen LogP contribution in [0.15, 0.2) is 18.3 Å². The van der Waals surface area contributed by atoms with Crippen molar-refractivity contribution >= 4 is 17.7 Å². The molecule has 0 bridgehead atoms. The van der Waals surface area contributed by atoms with E-state index in [1.165, 1.54) is 6.20 Å². The molecule has 0 amide bonds. The van der Waals surface area contributed by atoms with Crippen LogP contribution in [0.5, 0.6) is 0 Å². The van der Waals surface area contributed by atoms with Crippen molar-refractivity contribution in [2.75, 3.05) is 5.75 Å². The largest absolute Gasteiger partial charge is 0.477 e. The van der Waals surface area contributed by atoms with Crippen molar-refractivity contribution < 1.29 is 9.90 Å². The third-order valence-corrected chi connectivity index (χ3v) is 3.23. The van der Waals surface area contributed by atoms with Gasteiger partial charge in [-0.05, 0) is 29.7 Å². The van der Waals surface area contributed by atoms with Gasteiger partial charge in [0.25, 0.3) is 0 Å². The van der Waals surface area contributed by atoms with E-state index in [-0.39, 0.29) is 5.69 Å². The maximum absolute atomic E-state index is 10.9. The number of hydrogen-bond acceptors (Lipinski definition) is 3. The summed E-state index contributed by atoms with van der Waals surface area (Å²) in [5.41, 5.74) is 0.989. The van der Waals surface area contributed by atoms with Crippen LogP contribution in [0.4, 0.5) is 0 Å². The zero-order valence-corrected chi connectivity index (χ0v) is 10.5. The normalized spacial score (nSPS) is 10.7. The van der Waals surface area contributed by atoms with E-state index in [2.05, 4.69) is 18.8 Å². The third kappa shape index (κ3) is 4.23. The fourth-order valence-corrected chi connectivity index (χ4v) is 2.48. The molecule has 0 aliphatic heterocycles. The summed E-state index contributed by atoms with van der Waals surface area (Å²) < 4.78 is 0. The van der Waals surface area contributed by atoms with E-state index in [0.717, 1.165) is 23.5 Å². The predicted octanol–water partition coefficient (Wildman–Crippen LogP) is 3.06. The second-order valence-corrected chi connectivity index (χ2v) is 5.16. The number of carboxylic acids is 1. The minimum absolute atomic E-state index is 0.180. The van der Waals surface area contributed by atoms with Crippen LogP contribution in [-0.2, 0) is 5.75 Å². The van der Waals surface area contributed by atoms with Crippen LogP contribution in [0, 0.1) is 5.92 Å². The van der Waals surface area contributed by atoms with Gasteiger partial charge in [0.15, 0.2) is 5.69 Å². The molecule has 88 valence electrons. The van der Waals surface area contributed by atoms with E-state index in [4.69, 9.17) is 5.11 Å². The number of aromatic carboxylic acids is 1. The quantitative estimate of drug-likeness (QED) is 0.775. The Labute approximate surface area is 100 Å². The van der Waals surface area contributed by atoms with Crippen molar-refractivity contribution in [2.45, 2.75) is 26.0 Å². The number of thioether (sulfide) groups is 1. The van der Waals surface area contributed by atoms with Crippen molar-refractivity contribution in [3.63, 3.8) is 0 Å². The molecule has 0 fully saturated rings. The highest BCUT2D eigenvalue weighted by Gasteiger charge is 2.10. The SMILES string of the molecule is CC(C)CCSCc1cccnc1C(=O)O. The van der Waals surface area contributed by atoms with Crippen LogP contribution >= 0.6 is 11.8 Å². The molecule has 1 aromatic heterocycles. The molecule has 1 heterocycles. The summed E-state index contributed by atoms with van der Waals surface area (Å²) in [5.74, 6) is 1.54. The van der Waals surface area contributed by atoms with Gasteiger partial charge in [-0.3, -0.25) is 0 Å². The Hall–Kier alpha value is -1.03. The van der Waals surface area contributed by atoms with Gasteiger partial charge < -0.3 is 5.11 Å². The molecule has 0 aliphatic carbocycles. The van der Waals surface area contributed by atoms with Gasteiger partial charge in [0.2, 0.25) is 0 Å². The van der Waals surface area contributed by atoms with Gasteiger partial charge in [0.05, 0.1) is 0 Å². The Morgan fingerprint density at radius 1 is 1.56 bits per heavy atom. The molecule has 1 N–H and O–H groups in total. The number of pyridine rings is 1. The highest BCUT2D eigenvalue weighted by Crippen LogP contribution is 2.17. The Balaban J connectivity index is 2.50. The zero-order valence-electron chi connectivity index (χ0n) is 9.64. The second-order valence-electron chi connectivity index (χ2n) is 4.05. The fraction of sp³-hybridized carbons (Fsp3) is 0.500. The molecule has 0 atom stereocenters. The fourth-order valence-electron chi connectivity index (χ4n) is 1.25. The van der Waals surface area contributed by atoms with E-state index in [1.54, 1.807) is 17.8 Å². The first-order valence-electron chi connectivity index (χ1n) is 5.36. The first kappa shape index (κ1) is 13.0. The van der Waals surface area contributed by atoms with Gasteiger partial charge in [-0.2, -0.15) is 11.8 Å². The maximum Gasteiger partial charge on any atom is 0.354 e. The number of nitrogens with zero attached hydrogens (tertiary/aromatic N) is 1. The first-order valence-corrected chi connectivity index (χ1v) is 6.51. The number of aromatic nitrogens is 1. The minimum Gasteiger partial charge on any atom is -0.477 e. The third-order valence-electron chi connectivity index (χ3n) is 2.19. The summed E-state index contributed by atoms with van der Waals surface area (Å²) in [4.78, 5) is 14.8. The summed E-state index contributed by atoms with van der Waals surface area (Å²) >= 11 is 1.76. The van der Waals surface area contributed by atoms with Crippen LogP contribution < -0.4 is 0 Å². The average molecular weight is 239 g/mol. The van der Waals surface area contributed by atoms with Crippen LogP contribution in [-0.4, -0.2) is 21.8 Å². The molecule has 16 heavy (non-hydrogen) atoms. The Morgan fingerprint density at radius 2 is 2.31 bits per heavy atom. The topological polar surface area (TPSA) is 50.2 Å². The zero-order chi connectivity index (χ0) is 12.0. The molecular weight excluding hydrogens is 222 g/mol. The number of carboxylic acid groups (broad SMARTS) is 1. The summed E-state index contributed by atoms with van der Waals surface area (Å²) in [6, 6.07) is 3.61. The molecule has 0 aromatic carbocycles. The Morgan fingerprint density at radius 3 is 2.94 bits per heavy atom. The van der Waals surface area contributed by atoms with E-state index >= 15 is 0 Å². The lowest BCUT2D eigenvalue weighted by molar-refractivity contribution is 0.0689. The van der Waals surface area contributed by atoms with Gasteiger partial charge in [-0.1, -0.05) is 19.9 Å². The van der Waals surface area contributed by atoms with Gasteiger partial charge in [0, 0.05) is 11.9 Å². The van der Waals surface area contributed by atoms with Crippen LogP contribution in [0.3, 0.4) is 0 Å². The summed E-state index contributed by atoms with van der Waals surface area (Å²) in [6.45, 7) is 4.38. The number of hydrogen-bond donors (Lipinski definition) is 1. The standard InChI is InChI=1S/C12H17NO2S/c1-9(2)5-7-16-8-10-4-3-6-13-11(10)12(14)15/h3-4,6,9H,5,7-8H2,1-2H3,(H,14,15). The maximum atomic E-state index is 10.9. The molecule has 1 rings (SSSR count). The van der Waals surface area contributed by atoms with Crippen LogP contribution in [0.1, 0.15) is 36.3 Å². The molecule has 1 aromatic rings. The van der Waals surface area contributed by atoms with Crippen molar-refractivity contribution in [1.82, 2.24) is 4.98 Å². The molecule has 0 spiro atoms. The van der Waals surface area contributed by atoms with Crippen molar-refractivity contribution in [3.05, 3.63) is 29.6 Å². The molecule has 3 nitrogen and oxygen atoms in total. The van der Waals surface area contributed by atoms with E-state index in [0.29, 0.717) is 5.92 Å². The summed E-state index contributed by atoms with van der Waals surface area (Å²) in [5, 5.41) is 8.94. The molecule has 0 saturated carbocycles. The first-order chi connectivity index (χ1) is 7.61. The minimum atomic E-state index is -0.944. The van der Waals surface area contributed by atoms with E-state index < -0.39 is 5.97 Å². The molecular formula is C12H17NO2S. The smallest absolute Gasteiger partial charge is 0.354 e. The van der Waals surface area contributed by atoms with Crippen molar-refractivity contribution in [3.8, 4) is 0 Å². The van der Waals surface area contributed by atoms with Crippen molar-refractivity contribution in [1.29, 1.82) is 0 Å². The molecule has 4 heteroatoms. The van der Waals surface area contributed by atoms with E-state index in [9.17, 15) is 4.79 Å². The number of rotatable bonds is 6. The van der Waals surface area contributed by atoms with Gasteiger partial charge in [0.1, 0.15) is 0 Å². The highest BCUT2D eigenvalue weighted by atomic mass is 32.2. The molecule has 0 radical (unpaired) electrons. The average Bonchev–Trinajstić information content (AvgIpc) is 2.24. The lowest BCUT2D eigenvalue weighted by atomic mass is 10.2. The molecule has 0 aliphatic rings. The summed E-state index contributed by atoms with van der Waals surface area (Å²) in [7, 11) is 0. The Bertz CT molecular complexity index is 353. The number of carbonyl (C=O) groups is 1. The van der Waals surface area contributed by atoms with Crippen LogP contribution in [0.25, 0.3) is 0 Å². The predicted molar refractivity (Wildman–Crippen MR) is 66.8 cm³/mol. The highest BCUT2D eigenvalue weighted by molar-refractivity contribution is 7.98. The summed E-state index contributed by atoms with van der Waals surface area (Å²) in [6.07, 6.45) is 2.68. The van der Waals surface area contributed by atoms with Gasteiger partial charge >= 0.3 is 5.97 Å². The van der Waals surface area contributed by atoms with E-state index in [1.807, 2.05) is 6.07 Å². The lowest BCUT2D eigenvalue weighted by Crippen LogP contribution is -2.04. The van der Waals surface area contributed by atoms with Crippen LogP contribution in [0.2, 0.25) is 0 Å². The van der Waals surface area contributed by atoms with Gasteiger partial charge in [-0.25, -0.2) is 9.78 Å². The Kier molecular flexibility index (Phi) is 5.32. The lowest BCUT2D eigenvalue weighted by Gasteiger charge is -2.06. The second kappa shape index (κ2) is 6.53.